The van der Waals surface area contributed by atoms with Gasteiger partial charge in [-0.3, -0.25) is 4.98 Å². The number of nitrogens with zero attached hydrogens (tertiary/aromatic N) is 1. The predicted octanol–water partition coefficient (Wildman–Crippen LogP) is 3.17. The van der Waals surface area contributed by atoms with E-state index in [4.69, 9.17) is 4.74 Å². The Balaban J connectivity index is 1.77. The molecule has 0 saturated carbocycles. The van der Waals surface area contributed by atoms with E-state index < -0.39 is 0 Å². The third-order valence-corrected chi connectivity index (χ3v) is 5.79. The summed E-state index contributed by atoms with van der Waals surface area (Å²) in [5.74, 6) is 2.61. The highest BCUT2D eigenvalue weighted by Crippen LogP contribution is 2.43. The first-order valence-electron chi connectivity index (χ1n) is 7.72. The molecule has 3 nitrogen and oxygen atoms in total. The van der Waals surface area contributed by atoms with Crippen molar-refractivity contribution in [3.8, 4) is 0 Å². The van der Waals surface area contributed by atoms with Gasteiger partial charge < -0.3 is 10.1 Å². The Morgan fingerprint density at radius 2 is 2.24 bits per heavy atom. The van der Waals surface area contributed by atoms with Crippen LogP contribution in [-0.2, 0) is 4.74 Å². The molecule has 2 fully saturated rings. The molecule has 2 aliphatic rings. The summed E-state index contributed by atoms with van der Waals surface area (Å²) >= 11 is 2.02. The average Bonchev–Trinajstić information content (AvgIpc) is 2.49. The molecule has 0 aliphatic carbocycles. The maximum Gasteiger partial charge on any atom is 0.141 e. The number of aromatic nitrogens is 1. The molecule has 3 heterocycles. The topological polar surface area (TPSA) is 34.2 Å². The van der Waals surface area contributed by atoms with Crippen LogP contribution in [-0.4, -0.2) is 35.7 Å². The lowest BCUT2D eigenvalue weighted by molar-refractivity contribution is -0.107. The monoisotopic (exact) mass is 310 g/mol. The van der Waals surface area contributed by atoms with Crippen molar-refractivity contribution in [1.82, 2.24) is 10.3 Å². The van der Waals surface area contributed by atoms with Crippen molar-refractivity contribution in [1.29, 1.82) is 0 Å². The molecule has 2 atom stereocenters. The fourth-order valence-electron chi connectivity index (χ4n) is 3.71. The van der Waals surface area contributed by atoms with Gasteiger partial charge in [-0.1, -0.05) is 0 Å². The zero-order chi connectivity index (χ0) is 14.7. The number of nitrogens with one attached hydrogen (secondary N) is 1. The van der Waals surface area contributed by atoms with E-state index in [1.54, 1.807) is 12.3 Å². The Morgan fingerprint density at radius 1 is 1.43 bits per heavy atom. The second-order valence-electron chi connectivity index (χ2n) is 6.10. The van der Waals surface area contributed by atoms with Crippen LogP contribution in [0.1, 0.15) is 37.3 Å². The first-order chi connectivity index (χ1) is 10.2. The van der Waals surface area contributed by atoms with Gasteiger partial charge in [0.1, 0.15) is 5.82 Å². The molecule has 5 heteroatoms. The van der Waals surface area contributed by atoms with Crippen molar-refractivity contribution < 1.29 is 9.13 Å². The summed E-state index contributed by atoms with van der Waals surface area (Å²) in [4.78, 5) is 4.00. The molecule has 2 saturated heterocycles. The Hall–Kier alpha value is -0.650. The molecule has 2 unspecified atom stereocenters. The lowest BCUT2D eigenvalue weighted by Crippen LogP contribution is -2.45. The second kappa shape index (κ2) is 6.63. The molecular weight excluding hydrogens is 287 g/mol. The first-order valence-corrected chi connectivity index (χ1v) is 8.87. The van der Waals surface area contributed by atoms with E-state index in [0.717, 1.165) is 37.9 Å². The van der Waals surface area contributed by atoms with Crippen LogP contribution in [0.4, 0.5) is 4.39 Å². The fourth-order valence-corrected chi connectivity index (χ4v) is 4.95. The molecule has 1 N–H and O–H groups in total. The minimum absolute atomic E-state index is 0.0595. The van der Waals surface area contributed by atoms with Crippen molar-refractivity contribution in [2.45, 2.75) is 37.3 Å². The van der Waals surface area contributed by atoms with Gasteiger partial charge in [0.2, 0.25) is 0 Å². The molecule has 0 radical (unpaired) electrons. The van der Waals surface area contributed by atoms with Gasteiger partial charge in [-0.2, -0.15) is 11.8 Å². The van der Waals surface area contributed by atoms with Crippen molar-refractivity contribution in [2.24, 2.45) is 5.92 Å². The van der Waals surface area contributed by atoms with E-state index in [1.807, 2.05) is 18.8 Å². The van der Waals surface area contributed by atoms with Crippen molar-refractivity contribution in [3.63, 3.8) is 0 Å². The van der Waals surface area contributed by atoms with Crippen LogP contribution in [0, 0.1) is 11.7 Å². The number of pyridine rings is 1. The van der Waals surface area contributed by atoms with Crippen LogP contribution < -0.4 is 5.32 Å². The standard InChI is InChI=1S/C16H23FN2OS/c1-18-15(13-8-14(17)11-19-10-13)12-2-5-20-16(9-12)3-6-21-7-4-16/h8,10-12,15,18H,2-7,9H2,1H3. The van der Waals surface area contributed by atoms with E-state index in [-0.39, 0.29) is 17.5 Å². The number of ether oxygens (including phenoxy) is 1. The molecule has 1 aromatic rings. The van der Waals surface area contributed by atoms with Gasteiger partial charge >= 0.3 is 0 Å². The van der Waals surface area contributed by atoms with E-state index in [2.05, 4.69) is 10.3 Å². The van der Waals surface area contributed by atoms with E-state index in [1.165, 1.54) is 17.7 Å². The summed E-state index contributed by atoms with van der Waals surface area (Å²) < 4.78 is 19.6. The quantitative estimate of drug-likeness (QED) is 0.930. The number of hydrogen-bond acceptors (Lipinski definition) is 4. The molecule has 1 spiro atoms. The molecule has 21 heavy (non-hydrogen) atoms. The van der Waals surface area contributed by atoms with Crippen LogP contribution in [0.2, 0.25) is 0 Å². The molecule has 1 aromatic heterocycles. The Morgan fingerprint density at radius 3 is 2.95 bits per heavy atom. The Kier molecular flexibility index (Phi) is 4.82. The van der Waals surface area contributed by atoms with Gasteiger partial charge in [-0.15, -0.1) is 0 Å². The summed E-state index contributed by atoms with van der Waals surface area (Å²) in [6.45, 7) is 0.816. The van der Waals surface area contributed by atoms with Crippen LogP contribution >= 0.6 is 11.8 Å². The van der Waals surface area contributed by atoms with E-state index in [9.17, 15) is 4.39 Å². The van der Waals surface area contributed by atoms with Gasteiger partial charge in [-0.25, -0.2) is 4.39 Å². The van der Waals surface area contributed by atoms with Crippen molar-refractivity contribution in [2.75, 3.05) is 25.2 Å². The average molecular weight is 310 g/mol. The van der Waals surface area contributed by atoms with E-state index in [0.29, 0.717) is 5.92 Å². The van der Waals surface area contributed by atoms with Crippen LogP contribution in [0.3, 0.4) is 0 Å². The third kappa shape index (κ3) is 3.41. The Bertz CT molecular complexity index is 474. The van der Waals surface area contributed by atoms with Crippen molar-refractivity contribution in [3.05, 3.63) is 29.8 Å². The van der Waals surface area contributed by atoms with Gasteiger partial charge in [0, 0.05) is 18.8 Å². The lowest BCUT2D eigenvalue weighted by atomic mass is 9.77. The summed E-state index contributed by atoms with van der Waals surface area (Å²) in [5, 5.41) is 3.37. The van der Waals surface area contributed by atoms with Crippen LogP contribution in [0.25, 0.3) is 0 Å². The van der Waals surface area contributed by atoms with Gasteiger partial charge in [0.25, 0.3) is 0 Å². The van der Waals surface area contributed by atoms with Crippen molar-refractivity contribution >= 4 is 11.8 Å². The molecule has 2 aliphatic heterocycles. The normalized spacial score (nSPS) is 26.7. The highest BCUT2D eigenvalue weighted by Gasteiger charge is 2.41. The molecule has 0 bridgehead atoms. The molecular formula is C16H23FN2OS. The smallest absolute Gasteiger partial charge is 0.141 e. The SMILES string of the molecule is CNC(c1cncc(F)c1)C1CCOC2(CCSCC2)C1. The minimum Gasteiger partial charge on any atom is -0.375 e. The zero-order valence-corrected chi connectivity index (χ0v) is 13.3. The first kappa shape index (κ1) is 15.3. The number of hydrogen-bond donors (Lipinski definition) is 1. The zero-order valence-electron chi connectivity index (χ0n) is 12.5. The maximum atomic E-state index is 13.5. The summed E-state index contributed by atoms with van der Waals surface area (Å²) in [6.07, 6.45) is 7.42. The lowest BCUT2D eigenvalue weighted by Gasteiger charge is -2.45. The van der Waals surface area contributed by atoms with Crippen LogP contribution in [0.5, 0.6) is 0 Å². The predicted molar refractivity (Wildman–Crippen MR) is 84.0 cm³/mol. The number of halogens is 1. The minimum atomic E-state index is -0.261. The summed E-state index contributed by atoms with van der Waals surface area (Å²) in [7, 11) is 1.95. The highest BCUT2D eigenvalue weighted by atomic mass is 32.2. The van der Waals surface area contributed by atoms with Gasteiger partial charge in [0.05, 0.1) is 11.8 Å². The van der Waals surface area contributed by atoms with E-state index >= 15 is 0 Å². The van der Waals surface area contributed by atoms with Crippen LogP contribution in [0.15, 0.2) is 18.5 Å². The second-order valence-corrected chi connectivity index (χ2v) is 7.32. The fraction of sp³-hybridized carbons (Fsp3) is 0.688. The summed E-state index contributed by atoms with van der Waals surface area (Å²) in [6, 6.07) is 1.76. The molecule has 0 amide bonds. The number of thioether (sulfide) groups is 1. The molecule has 3 rings (SSSR count). The summed E-state index contributed by atoms with van der Waals surface area (Å²) in [5.41, 5.74) is 1.01. The third-order valence-electron chi connectivity index (χ3n) is 4.80. The Labute approximate surface area is 130 Å². The molecule has 116 valence electrons. The maximum absolute atomic E-state index is 13.5. The van der Waals surface area contributed by atoms with Gasteiger partial charge in [0.15, 0.2) is 0 Å². The highest BCUT2D eigenvalue weighted by molar-refractivity contribution is 7.99. The number of rotatable bonds is 3. The largest absolute Gasteiger partial charge is 0.375 e. The van der Waals surface area contributed by atoms with Gasteiger partial charge in [-0.05, 0) is 61.8 Å². The molecule has 0 aromatic carbocycles.